The fourth-order valence-corrected chi connectivity index (χ4v) is 1.98. The Morgan fingerprint density at radius 2 is 2.14 bits per heavy atom. The molecule has 0 unspecified atom stereocenters. The molecule has 7 heteroatoms. The van der Waals surface area contributed by atoms with Crippen molar-refractivity contribution in [2.45, 2.75) is 26.8 Å². The second-order valence-corrected chi connectivity index (χ2v) is 4.71. The molecule has 0 aliphatic carbocycles. The molecule has 0 aromatic carbocycles. The van der Waals surface area contributed by atoms with Crippen molar-refractivity contribution in [1.82, 2.24) is 19.7 Å². The van der Waals surface area contributed by atoms with Crippen LogP contribution in [-0.2, 0) is 11.3 Å². The number of carbonyl (C=O) groups is 1. The maximum absolute atomic E-state index is 11.2. The monoisotopic (exact) mass is 289 g/mol. The highest BCUT2D eigenvalue weighted by Crippen LogP contribution is 2.04. The number of hydrogen-bond acceptors (Lipinski definition) is 6. The van der Waals surface area contributed by atoms with E-state index in [9.17, 15) is 4.79 Å². The van der Waals surface area contributed by atoms with E-state index in [0.717, 1.165) is 30.9 Å². The van der Waals surface area contributed by atoms with E-state index >= 15 is 0 Å². The van der Waals surface area contributed by atoms with Gasteiger partial charge in [0.2, 0.25) is 0 Å². The van der Waals surface area contributed by atoms with E-state index in [2.05, 4.69) is 31.2 Å². The number of nitrogens with zero attached hydrogens (tertiary/aromatic N) is 4. The maximum Gasteiger partial charge on any atom is 0.358 e. The quantitative estimate of drug-likeness (QED) is 0.642. The Kier molecular flexibility index (Phi) is 4.86. The Morgan fingerprint density at radius 3 is 2.71 bits per heavy atom. The van der Waals surface area contributed by atoms with E-state index < -0.39 is 5.97 Å². The van der Waals surface area contributed by atoms with Crippen molar-refractivity contribution in [3.05, 3.63) is 35.5 Å². The molecule has 0 fully saturated rings. The molecule has 0 aliphatic heterocycles. The first-order valence-corrected chi connectivity index (χ1v) is 6.75. The van der Waals surface area contributed by atoms with Crippen LogP contribution in [0.25, 0.3) is 0 Å². The Morgan fingerprint density at radius 1 is 1.33 bits per heavy atom. The van der Waals surface area contributed by atoms with Crippen LogP contribution in [0.2, 0.25) is 0 Å². The van der Waals surface area contributed by atoms with Gasteiger partial charge >= 0.3 is 5.97 Å². The summed E-state index contributed by atoms with van der Waals surface area (Å²) in [7, 11) is 1.31. The van der Waals surface area contributed by atoms with Gasteiger partial charge in [0, 0.05) is 18.8 Å². The van der Waals surface area contributed by atoms with Gasteiger partial charge in [-0.15, -0.1) is 0 Å². The van der Waals surface area contributed by atoms with E-state index in [0.29, 0.717) is 5.82 Å². The molecule has 0 saturated heterocycles. The number of nitrogens with one attached hydrogen (secondary N) is 1. The predicted octanol–water partition coefficient (Wildman–Crippen LogP) is 1.58. The summed E-state index contributed by atoms with van der Waals surface area (Å²) in [5, 5.41) is 7.56. The molecule has 21 heavy (non-hydrogen) atoms. The van der Waals surface area contributed by atoms with E-state index in [1.54, 1.807) is 0 Å². The van der Waals surface area contributed by atoms with Gasteiger partial charge in [-0.25, -0.2) is 14.8 Å². The summed E-state index contributed by atoms with van der Waals surface area (Å²) in [6.45, 7) is 5.63. The van der Waals surface area contributed by atoms with Crippen LogP contribution in [0, 0.1) is 13.8 Å². The van der Waals surface area contributed by atoms with Crippen molar-refractivity contribution < 1.29 is 9.53 Å². The van der Waals surface area contributed by atoms with Gasteiger partial charge in [0.15, 0.2) is 5.69 Å². The van der Waals surface area contributed by atoms with Crippen molar-refractivity contribution in [2.75, 3.05) is 19.0 Å². The Bertz CT molecular complexity index is 606. The van der Waals surface area contributed by atoms with Crippen LogP contribution >= 0.6 is 0 Å². The molecule has 0 spiro atoms. The van der Waals surface area contributed by atoms with Gasteiger partial charge in [-0.1, -0.05) is 0 Å². The molecule has 2 rings (SSSR count). The second kappa shape index (κ2) is 6.83. The zero-order valence-electron chi connectivity index (χ0n) is 12.5. The predicted molar refractivity (Wildman–Crippen MR) is 78.2 cm³/mol. The molecule has 0 atom stereocenters. The largest absolute Gasteiger partial charge is 0.464 e. The number of ether oxygens (including phenoxy) is 1. The van der Waals surface area contributed by atoms with Crippen molar-refractivity contribution in [2.24, 2.45) is 0 Å². The second-order valence-electron chi connectivity index (χ2n) is 4.71. The number of anilines is 1. The molecule has 0 bridgehead atoms. The van der Waals surface area contributed by atoms with Crippen molar-refractivity contribution in [3.8, 4) is 0 Å². The number of rotatable bonds is 6. The molecular formula is C14H19N5O2. The molecule has 1 N–H and O–H groups in total. The van der Waals surface area contributed by atoms with Crippen molar-refractivity contribution in [1.29, 1.82) is 0 Å². The highest BCUT2D eigenvalue weighted by molar-refractivity contribution is 5.86. The lowest BCUT2D eigenvalue weighted by atomic mass is 10.4. The summed E-state index contributed by atoms with van der Waals surface area (Å²) >= 11 is 0. The third kappa shape index (κ3) is 4.01. The summed E-state index contributed by atoms with van der Waals surface area (Å²) in [4.78, 5) is 19.3. The topological polar surface area (TPSA) is 81.9 Å². The Hall–Kier alpha value is -2.44. The molecule has 0 aliphatic rings. The van der Waals surface area contributed by atoms with Crippen LogP contribution < -0.4 is 5.32 Å². The van der Waals surface area contributed by atoms with Crippen molar-refractivity contribution >= 4 is 11.8 Å². The Balaban J connectivity index is 1.78. The minimum Gasteiger partial charge on any atom is -0.464 e. The first-order chi connectivity index (χ1) is 10.1. The van der Waals surface area contributed by atoms with Crippen LogP contribution in [0.15, 0.2) is 18.5 Å². The van der Waals surface area contributed by atoms with Crippen LogP contribution in [0.3, 0.4) is 0 Å². The van der Waals surface area contributed by atoms with E-state index in [1.165, 1.54) is 19.5 Å². The lowest BCUT2D eigenvalue weighted by Crippen LogP contribution is -2.11. The third-order valence-electron chi connectivity index (χ3n) is 3.00. The van der Waals surface area contributed by atoms with Gasteiger partial charge in [0.25, 0.3) is 0 Å². The molecule has 0 saturated carbocycles. The molecule has 2 heterocycles. The molecule has 0 radical (unpaired) electrons. The van der Waals surface area contributed by atoms with E-state index in [1.807, 2.05) is 18.5 Å². The number of methoxy groups -OCH3 is 1. The van der Waals surface area contributed by atoms with Gasteiger partial charge in [-0.3, -0.25) is 4.68 Å². The van der Waals surface area contributed by atoms with Gasteiger partial charge in [-0.05, 0) is 26.3 Å². The van der Waals surface area contributed by atoms with Gasteiger partial charge in [0.1, 0.15) is 5.82 Å². The van der Waals surface area contributed by atoms with Gasteiger partial charge < -0.3 is 10.1 Å². The zero-order chi connectivity index (χ0) is 15.2. The number of esters is 1. The summed E-state index contributed by atoms with van der Waals surface area (Å²) in [6, 6.07) is 2.06. The fourth-order valence-electron chi connectivity index (χ4n) is 1.98. The number of hydrogen-bond donors (Lipinski definition) is 1. The fraction of sp³-hybridized carbons (Fsp3) is 0.429. The van der Waals surface area contributed by atoms with E-state index in [4.69, 9.17) is 0 Å². The van der Waals surface area contributed by atoms with Crippen LogP contribution in [0.1, 0.15) is 28.3 Å². The molecule has 2 aromatic heterocycles. The van der Waals surface area contributed by atoms with Crippen molar-refractivity contribution in [3.63, 3.8) is 0 Å². The average molecular weight is 289 g/mol. The minimum absolute atomic E-state index is 0.200. The van der Waals surface area contributed by atoms with Gasteiger partial charge in [0.05, 0.1) is 25.2 Å². The zero-order valence-corrected chi connectivity index (χ0v) is 12.5. The van der Waals surface area contributed by atoms with Crippen LogP contribution in [0.5, 0.6) is 0 Å². The lowest BCUT2D eigenvalue weighted by Gasteiger charge is -2.07. The number of aromatic nitrogens is 4. The lowest BCUT2D eigenvalue weighted by molar-refractivity contribution is 0.0593. The average Bonchev–Trinajstić information content (AvgIpc) is 2.81. The van der Waals surface area contributed by atoms with Gasteiger partial charge in [-0.2, -0.15) is 5.10 Å². The summed E-state index contributed by atoms with van der Waals surface area (Å²) in [6.07, 6.45) is 3.84. The molecular weight excluding hydrogens is 270 g/mol. The molecule has 112 valence electrons. The standard InChI is InChI=1S/C14H19N5O2/c1-10-7-11(2)19(18-10)6-4-5-15-13-9-16-12(8-17-13)14(20)21-3/h7-9H,4-6H2,1-3H3,(H,15,17). The minimum atomic E-state index is -0.487. The molecule has 0 amide bonds. The number of carbonyl (C=O) groups excluding carboxylic acids is 1. The van der Waals surface area contributed by atoms with Crippen LogP contribution in [0.4, 0.5) is 5.82 Å². The normalized spacial score (nSPS) is 10.4. The summed E-state index contributed by atoms with van der Waals surface area (Å²) in [5.74, 6) is 0.148. The first kappa shape index (κ1) is 15.0. The maximum atomic E-state index is 11.2. The first-order valence-electron chi connectivity index (χ1n) is 6.75. The van der Waals surface area contributed by atoms with E-state index in [-0.39, 0.29) is 5.69 Å². The highest BCUT2D eigenvalue weighted by Gasteiger charge is 2.07. The third-order valence-corrected chi connectivity index (χ3v) is 3.00. The smallest absolute Gasteiger partial charge is 0.358 e. The highest BCUT2D eigenvalue weighted by atomic mass is 16.5. The summed E-state index contributed by atoms with van der Waals surface area (Å²) in [5.41, 5.74) is 2.39. The van der Waals surface area contributed by atoms with Crippen LogP contribution in [-0.4, -0.2) is 39.4 Å². The number of aryl methyl sites for hydroxylation is 3. The Labute approximate surface area is 123 Å². The molecule has 7 nitrogen and oxygen atoms in total. The summed E-state index contributed by atoms with van der Waals surface area (Å²) < 4.78 is 6.55. The SMILES string of the molecule is COC(=O)c1cnc(NCCCn2nc(C)cc2C)cn1. The molecule has 2 aromatic rings.